The van der Waals surface area contributed by atoms with E-state index in [-0.39, 0.29) is 5.82 Å². The smallest absolute Gasteiger partial charge is 0.169 e. The summed E-state index contributed by atoms with van der Waals surface area (Å²) in [5.74, 6) is -0.235. The minimum Gasteiger partial charge on any atom is -0.358 e. The van der Waals surface area contributed by atoms with Crippen LogP contribution in [0.15, 0.2) is 49.6 Å². The fourth-order valence-electron chi connectivity index (χ4n) is 1.44. The summed E-state index contributed by atoms with van der Waals surface area (Å²) in [5.41, 5.74) is 0.982. The highest BCUT2D eigenvalue weighted by molar-refractivity contribution is 7.80. The van der Waals surface area contributed by atoms with Crippen LogP contribution in [-0.4, -0.2) is 23.1 Å². The van der Waals surface area contributed by atoms with E-state index in [0.29, 0.717) is 24.7 Å². The quantitative estimate of drug-likeness (QED) is 0.628. The SMILES string of the molecule is C=CCN(CC=C)C(=S)NCc1ccc(F)cc1. The standard InChI is InChI=1S/C14H17FN2S/c1-3-9-17(10-4-2)14(18)16-11-12-5-7-13(15)8-6-12/h3-8H,1-2,9-11H2,(H,16,18). The van der Waals surface area contributed by atoms with Gasteiger partial charge in [-0.15, -0.1) is 13.2 Å². The molecule has 1 aromatic carbocycles. The first kappa shape index (κ1) is 14.4. The molecule has 0 unspecified atom stereocenters. The lowest BCUT2D eigenvalue weighted by Crippen LogP contribution is -2.39. The molecule has 0 radical (unpaired) electrons. The second-order valence-corrected chi connectivity index (χ2v) is 4.15. The summed E-state index contributed by atoms with van der Waals surface area (Å²) < 4.78 is 12.7. The Morgan fingerprint density at radius 1 is 1.22 bits per heavy atom. The summed E-state index contributed by atoms with van der Waals surface area (Å²) in [5, 5.41) is 3.77. The summed E-state index contributed by atoms with van der Waals surface area (Å²) >= 11 is 5.28. The van der Waals surface area contributed by atoms with Gasteiger partial charge in [0.15, 0.2) is 5.11 Å². The lowest BCUT2D eigenvalue weighted by Gasteiger charge is -2.23. The van der Waals surface area contributed by atoms with Crippen LogP contribution in [0.25, 0.3) is 0 Å². The van der Waals surface area contributed by atoms with Crippen molar-refractivity contribution in [1.29, 1.82) is 0 Å². The molecule has 4 heteroatoms. The molecular weight excluding hydrogens is 247 g/mol. The number of rotatable bonds is 6. The predicted octanol–water partition coefficient (Wildman–Crippen LogP) is 2.87. The van der Waals surface area contributed by atoms with Crippen LogP contribution in [0, 0.1) is 5.82 Å². The number of hydrogen-bond acceptors (Lipinski definition) is 1. The number of halogens is 1. The average Bonchev–Trinajstić information content (AvgIpc) is 2.37. The van der Waals surface area contributed by atoms with Gasteiger partial charge in [0.25, 0.3) is 0 Å². The molecule has 18 heavy (non-hydrogen) atoms. The summed E-state index contributed by atoms with van der Waals surface area (Å²) in [7, 11) is 0. The second kappa shape index (κ2) is 7.61. The van der Waals surface area contributed by atoms with Crippen LogP contribution in [0.4, 0.5) is 4.39 Å². The van der Waals surface area contributed by atoms with Crippen molar-refractivity contribution in [3.8, 4) is 0 Å². The molecule has 96 valence electrons. The van der Waals surface area contributed by atoms with Crippen molar-refractivity contribution in [2.75, 3.05) is 13.1 Å². The van der Waals surface area contributed by atoms with Gasteiger partial charge in [-0.2, -0.15) is 0 Å². The minimum absolute atomic E-state index is 0.235. The number of hydrogen-bond donors (Lipinski definition) is 1. The number of benzene rings is 1. The van der Waals surface area contributed by atoms with Crippen LogP contribution >= 0.6 is 12.2 Å². The fourth-order valence-corrected chi connectivity index (χ4v) is 1.67. The normalized spacial score (nSPS) is 9.61. The highest BCUT2D eigenvalue weighted by atomic mass is 32.1. The highest BCUT2D eigenvalue weighted by Gasteiger charge is 2.05. The molecule has 0 amide bonds. The Kier molecular flexibility index (Phi) is 6.08. The first-order valence-corrected chi connectivity index (χ1v) is 6.07. The third-order valence-corrected chi connectivity index (χ3v) is 2.75. The summed E-state index contributed by atoms with van der Waals surface area (Å²) in [6.07, 6.45) is 3.57. The Morgan fingerprint density at radius 3 is 2.28 bits per heavy atom. The molecular formula is C14H17FN2S. The van der Waals surface area contributed by atoms with Gasteiger partial charge in [0.2, 0.25) is 0 Å². The van der Waals surface area contributed by atoms with E-state index in [1.165, 1.54) is 12.1 Å². The lowest BCUT2D eigenvalue weighted by molar-refractivity contribution is 0.501. The zero-order valence-electron chi connectivity index (χ0n) is 10.2. The van der Waals surface area contributed by atoms with E-state index in [2.05, 4.69) is 18.5 Å². The van der Waals surface area contributed by atoms with Crippen molar-refractivity contribution in [1.82, 2.24) is 10.2 Å². The molecule has 0 fully saturated rings. The van der Waals surface area contributed by atoms with Crippen LogP contribution in [-0.2, 0) is 6.54 Å². The molecule has 0 saturated carbocycles. The molecule has 1 aromatic rings. The van der Waals surface area contributed by atoms with E-state index < -0.39 is 0 Å². The molecule has 0 aromatic heterocycles. The number of thiocarbonyl (C=S) groups is 1. The van der Waals surface area contributed by atoms with Crippen molar-refractivity contribution in [3.05, 3.63) is 61.0 Å². The maximum absolute atomic E-state index is 12.7. The van der Waals surface area contributed by atoms with E-state index in [1.807, 2.05) is 4.90 Å². The van der Waals surface area contributed by atoms with Crippen LogP contribution in [0.1, 0.15) is 5.56 Å². The van der Waals surface area contributed by atoms with Gasteiger partial charge in [-0.05, 0) is 29.9 Å². The van der Waals surface area contributed by atoms with Gasteiger partial charge in [-0.1, -0.05) is 24.3 Å². The summed E-state index contributed by atoms with van der Waals surface area (Å²) in [4.78, 5) is 1.94. The van der Waals surface area contributed by atoms with Gasteiger partial charge in [0.05, 0.1) is 0 Å². The maximum Gasteiger partial charge on any atom is 0.169 e. The summed E-state index contributed by atoms with van der Waals surface area (Å²) in [6.45, 7) is 9.29. The monoisotopic (exact) mass is 264 g/mol. The van der Waals surface area contributed by atoms with E-state index in [9.17, 15) is 4.39 Å². The molecule has 0 bridgehead atoms. The molecule has 2 nitrogen and oxygen atoms in total. The van der Waals surface area contributed by atoms with Gasteiger partial charge in [0.1, 0.15) is 5.82 Å². The van der Waals surface area contributed by atoms with E-state index in [0.717, 1.165) is 5.56 Å². The number of nitrogens with zero attached hydrogens (tertiary/aromatic N) is 1. The van der Waals surface area contributed by atoms with E-state index in [1.54, 1.807) is 24.3 Å². The van der Waals surface area contributed by atoms with Crippen molar-refractivity contribution in [2.45, 2.75) is 6.54 Å². The van der Waals surface area contributed by atoms with Crippen molar-refractivity contribution in [2.24, 2.45) is 0 Å². The second-order valence-electron chi connectivity index (χ2n) is 3.77. The predicted molar refractivity (Wildman–Crippen MR) is 77.8 cm³/mol. The molecule has 0 aliphatic heterocycles. The molecule has 1 rings (SSSR count). The average molecular weight is 264 g/mol. The molecule has 1 N–H and O–H groups in total. The van der Waals surface area contributed by atoms with Gasteiger partial charge >= 0.3 is 0 Å². The lowest BCUT2D eigenvalue weighted by atomic mass is 10.2. The van der Waals surface area contributed by atoms with Gasteiger partial charge in [-0.25, -0.2) is 4.39 Å². The fraction of sp³-hybridized carbons (Fsp3) is 0.214. The van der Waals surface area contributed by atoms with E-state index >= 15 is 0 Å². The summed E-state index contributed by atoms with van der Waals surface area (Å²) in [6, 6.07) is 6.34. The Balaban J connectivity index is 2.50. The van der Waals surface area contributed by atoms with E-state index in [4.69, 9.17) is 12.2 Å². The third-order valence-electron chi connectivity index (χ3n) is 2.34. The molecule has 0 spiro atoms. The van der Waals surface area contributed by atoms with Crippen molar-refractivity contribution in [3.63, 3.8) is 0 Å². The van der Waals surface area contributed by atoms with Gasteiger partial charge in [0, 0.05) is 19.6 Å². The molecule has 0 atom stereocenters. The molecule has 0 saturated heterocycles. The topological polar surface area (TPSA) is 15.3 Å². The Bertz CT molecular complexity index is 404. The zero-order chi connectivity index (χ0) is 13.4. The zero-order valence-corrected chi connectivity index (χ0v) is 11.0. The van der Waals surface area contributed by atoms with Crippen LogP contribution in [0.3, 0.4) is 0 Å². The van der Waals surface area contributed by atoms with Crippen LogP contribution in [0.2, 0.25) is 0 Å². The maximum atomic E-state index is 12.7. The first-order chi connectivity index (χ1) is 8.67. The minimum atomic E-state index is -0.235. The van der Waals surface area contributed by atoms with Gasteiger partial charge < -0.3 is 10.2 Å². The van der Waals surface area contributed by atoms with Crippen molar-refractivity contribution < 1.29 is 4.39 Å². The largest absolute Gasteiger partial charge is 0.358 e. The van der Waals surface area contributed by atoms with Crippen LogP contribution < -0.4 is 5.32 Å². The highest BCUT2D eigenvalue weighted by Crippen LogP contribution is 2.02. The van der Waals surface area contributed by atoms with Gasteiger partial charge in [-0.3, -0.25) is 0 Å². The van der Waals surface area contributed by atoms with Crippen LogP contribution in [0.5, 0.6) is 0 Å². The Morgan fingerprint density at radius 2 is 1.78 bits per heavy atom. The number of nitrogens with one attached hydrogen (secondary N) is 1. The Hall–Kier alpha value is -1.68. The molecule has 0 heterocycles. The molecule has 0 aliphatic carbocycles. The Labute approximate surface area is 113 Å². The van der Waals surface area contributed by atoms with Crippen molar-refractivity contribution >= 4 is 17.3 Å². The third kappa shape index (κ3) is 4.67. The first-order valence-electron chi connectivity index (χ1n) is 5.66. The molecule has 0 aliphatic rings.